The number of aryl methyl sites for hydroxylation is 1. The number of aromatic amines is 2. The number of anilines is 1. The first-order chi connectivity index (χ1) is 18.5. The molecule has 0 unspecified atom stereocenters. The number of aromatic nitrogens is 6. The maximum absolute atomic E-state index is 12.3. The Bertz CT molecular complexity index is 1780. The second-order valence-electron chi connectivity index (χ2n) is 9.93. The molecule has 0 radical (unpaired) electrons. The minimum Gasteiger partial charge on any atom is -0.353 e. The van der Waals surface area contributed by atoms with Crippen molar-refractivity contribution in [1.29, 1.82) is 0 Å². The van der Waals surface area contributed by atoms with Crippen molar-refractivity contribution < 1.29 is 4.79 Å². The van der Waals surface area contributed by atoms with Crippen LogP contribution in [0.15, 0.2) is 73.4 Å². The highest BCUT2D eigenvalue weighted by Gasteiger charge is 2.16. The molecule has 0 spiro atoms. The molecule has 1 aromatic carbocycles. The van der Waals surface area contributed by atoms with Crippen LogP contribution in [0.1, 0.15) is 25.8 Å². The van der Waals surface area contributed by atoms with Gasteiger partial charge in [0.15, 0.2) is 0 Å². The van der Waals surface area contributed by atoms with Crippen molar-refractivity contribution in [3.05, 3.63) is 79.0 Å². The van der Waals surface area contributed by atoms with E-state index in [9.17, 15) is 4.79 Å². The Labute approximate surface area is 219 Å². The van der Waals surface area contributed by atoms with E-state index in [1.54, 1.807) is 18.6 Å². The summed E-state index contributed by atoms with van der Waals surface area (Å²) in [5.41, 5.74) is 9.27. The van der Waals surface area contributed by atoms with Gasteiger partial charge in [-0.1, -0.05) is 26.0 Å². The van der Waals surface area contributed by atoms with Crippen LogP contribution in [0.5, 0.6) is 0 Å². The van der Waals surface area contributed by atoms with Gasteiger partial charge in [-0.15, -0.1) is 0 Å². The lowest BCUT2D eigenvalue weighted by Crippen LogP contribution is -2.13. The molecule has 0 saturated carbocycles. The van der Waals surface area contributed by atoms with Crippen LogP contribution in [0.3, 0.4) is 0 Å². The zero-order valence-electron chi connectivity index (χ0n) is 21.4. The van der Waals surface area contributed by atoms with E-state index in [-0.39, 0.29) is 11.8 Å². The molecule has 3 N–H and O–H groups in total. The molecule has 0 aliphatic carbocycles. The highest BCUT2D eigenvalue weighted by Crippen LogP contribution is 2.36. The van der Waals surface area contributed by atoms with Gasteiger partial charge in [-0.25, -0.2) is 0 Å². The first-order valence-electron chi connectivity index (χ1n) is 12.6. The number of rotatable bonds is 6. The topological polar surface area (TPSA) is 112 Å². The lowest BCUT2D eigenvalue weighted by atomic mass is 10.0. The summed E-state index contributed by atoms with van der Waals surface area (Å²) in [6, 6.07) is 14.4. The smallest absolute Gasteiger partial charge is 0.224 e. The lowest BCUT2D eigenvalue weighted by molar-refractivity contribution is -0.116. The zero-order chi connectivity index (χ0) is 26.2. The highest BCUT2D eigenvalue weighted by atomic mass is 16.1. The van der Waals surface area contributed by atoms with Crippen LogP contribution in [0.4, 0.5) is 5.69 Å². The molecule has 8 heteroatoms. The normalized spacial score (nSPS) is 11.5. The largest absolute Gasteiger partial charge is 0.353 e. The number of nitrogens with zero attached hydrogens (tertiary/aromatic N) is 4. The fourth-order valence-electron chi connectivity index (χ4n) is 4.78. The number of carbonyl (C=O) groups excluding carboxylic acids is 1. The summed E-state index contributed by atoms with van der Waals surface area (Å²) in [5, 5.41) is 12.8. The van der Waals surface area contributed by atoms with Gasteiger partial charge >= 0.3 is 0 Å². The number of hydrogen-bond donors (Lipinski definition) is 3. The molecular formula is C30H27N7O. The van der Waals surface area contributed by atoms with Gasteiger partial charge in [-0.2, -0.15) is 5.10 Å². The number of fused-ring (bicyclic) bond motifs is 2. The van der Waals surface area contributed by atoms with E-state index in [1.165, 1.54) is 0 Å². The molecule has 5 heterocycles. The predicted molar refractivity (Wildman–Crippen MR) is 150 cm³/mol. The van der Waals surface area contributed by atoms with Gasteiger partial charge in [-0.3, -0.25) is 24.8 Å². The van der Waals surface area contributed by atoms with Crippen LogP contribution < -0.4 is 5.32 Å². The molecule has 6 aromatic rings. The summed E-state index contributed by atoms with van der Waals surface area (Å²) in [4.78, 5) is 29.0. The van der Waals surface area contributed by atoms with Gasteiger partial charge in [0.1, 0.15) is 5.69 Å². The number of H-pyrrole nitrogens is 2. The molecule has 1 amide bonds. The first-order valence-corrected chi connectivity index (χ1v) is 12.6. The molecule has 0 aliphatic rings. The SMILES string of the molecule is Cc1ccc(-c2ccncc2)c2cc(-c3n[nH]c4cnc(-c5cncc(NC(=O)CC(C)C)c5)cc34)[nH]c12. The van der Waals surface area contributed by atoms with Crippen LogP contribution in [0, 0.1) is 12.8 Å². The third-order valence-corrected chi connectivity index (χ3v) is 6.61. The Morgan fingerprint density at radius 1 is 0.947 bits per heavy atom. The van der Waals surface area contributed by atoms with Crippen LogP contribution in [-0.2, 0) is 4.79 Å². The number of carbonyl (C=O) groups is 1. The predicted octanol–water partition coefficient (Wildman–Crippen LogP) is 6.52. The maximum Gasteiger partial charge on any atom is 0.224 e. The zero-order valence-corrected chi connectivity index (χ0v) is 21.4. The summed E-state index contributed by atoms with van der Waals surface area (Å²) in [6.45, 7) is 6.14. The van der Waals surface area contributed by atoms with E-state index in [4.69, 9.17) is 0 Å². The van der Waals surface area contributed by atoms with Crippen molar-refractivity contribution in [3.63, 3.8) is 0 Å². The first kappa shape index (κ1) is 23.5. The van der Waals surface area contributed by atoms with E-state index < -0.39 is 0 Å². The van der Waals surface area contributed by atoms with Crippen LogP contribution in [0.2, 0.25) is 0 Å². The van der Waals surface area contributed by atoms with Crippen LogP contribution in [0.25, 0.3) is 55.6 Å². The Balaban J connectivity index is 1.40. The standard InChI is InChI=1S/C30H27N7O/c1-17(2)10-28(38)34-21-11-20(14-32-15-21)25-13-24-27(16-33-25)36-37-30(24)26-12-23-22(19-6-8-31-9-7-19)5-4-18(3)29(23)35-26/h4-9,11-17,35H,10H2,1-3H3,(H,34,38)(H,36,37). The Morgan fingerprint density at radius 3 is 2.61 bits per heavy atom. The average molecular weight is 502 g/mol. The third kappa shape index (κ3) is 4.41. The number of hydrogen-bond acceptors (Lipinski definition) is 5. The summed E-state index contributed by atoms with van der Waals surface area (Å²) in [6.07, 6.45) is 9.26. The van der Waals surface area contributed by atoms with E-state index >= 15 is 0 Å². The molecular weight excluding hydrogens is 474 g/mol. The molecule has 6 rings (SSSR count). The summed E-state index contributed by atoms with van der Waals surface area (Å²) < 4.78 is 0. The van der Waals surface area contributed by atoms with Crippen LogP contribution >= 0.6 is 0 Å². The van der Waals surface area contributed by atoms with Crippen molar-refractivity contribution in [2.45, 2.75) is 27.2 Å². The van der Waals surface area contributed by atoms with Gasteiger partial charge in [0.05, 0.1) is 35.0 Å². The molecule has 0 fully saturated rings. The number of benzene rings is 1. The monoisotopic (exact) mass is 501 g/mol. The fourth-order valence-corrected chi connectivity index (χ4v) is 4.78. The second kappa shape index (κ2) is 9.55. The molecule has 188 valence electrons. The van der Waals surface area contributed by atoms with Gasteiger partial charge in [0.25, 0.3) is 0 Å². The van der Waals surface area contributed by atoms with Gasteiger partial charge in [-0.05, 0) is 59.9 Å². The van der Waals surface area contributed by atoms with Crippen LogP contribution in [-0.4, -0.2) is 36.0 Å². The Hall–Kier alpha value is -4.85. The lowest BCUT2D eigenvalue weighted by Gasteiger charge is -2.08. The quantitative estimate of drug-likeness (QED) is 0.240. The Morgan fingerprint density at radius 2 is 1.79 bits per heavy atom. The highest BCUT2D eigenvalue weighted by molar-refractivity contribution is 6.02. The number of amides is 1. The molecule has 38 heavy (non-hydrogen) atoms. The van der Waals surface area contributed by atoms with E-state index in [0.29, 0.717) is 12.1 Å². The number of nitrogens with one attached hydrogen (secondary N) is 3. The van der Waals surface area contributed by atoms with Crippen molar-refractivity contribution >= 4 is 33.4 Å². The van der Waals surface area contributed by atoms with Crippen molar-refractivity contribution in [2.75, 3.05) is 5.32 Å². The summed E-state index contributed by atoms with van der Waals surface area (Å²) >= 11 is 0. The van der Waals surface area contributed by atoms with E-state index in [1.807, 2.05) is 50.5 Å². The maximum atomic E-state index is 12.3. The van der Waals surface area contributed by atoms with E-state index in [2.05, 4.69) is 60.6 Å². The molecule has 0 bridgehead atoms. The molecule has 0 saturated heterocycles. The number of pyridine rings is 3. The molecule has 5 aromatic heterocycles. The van der Waals surface area contributed by atoms with E-state index in [0.717, 1.165) is 61.1 Å². The minimum absolute atomic E-state index is 0.0280. The molecule has 0 aliphatic heterocycles. The van der Waals surface area contributed by atoms with Crippen molar-refractivity contribution in [3.8, 4) is 33.8 Å². The fraction of sp³-hybridized carbons (Fsp3) is 0.167. The Kier molecular flexibility index (Phi) is 5.92. The second-order valence-corrected chi connectivity index (χ2v) is 9.93. The van der Waals surface area contributed by atoms with Gasteiger partial charge in [0.2, 0.25) is 5.91 Å². The average Bonchev–Trinajstić information content (AvgIpc) is 3.54. The van der Waals surface area contributed by atoms with Gasteiger partial charge < -0.3 is 10.3 Å². The van der Waals surface area contributed by atoms with Crippen molar-refractivity contribution in [2.24, 2.45) is 5.92 Å². The summed E-state index contributed by atoms with van der Waals surface area (Å²) in [7, 11) is 0. The third-order valence-electron chi connectivity index (χ3n) is 6.61. The minimum atomic E-state index is -0.0280. The van der Waals surface area contributed by atoms with Crippen molar-refractivity contribution in [1.82, 2.24) is 30.1 Å². The molecule has 0 atom stereocenters. The molecule has 8 nitrogen and oxygen atoms in total. The van der Waals surface area contributed by atoms with Gasteiger partial charge in [0, 0.05) is 46.9 Å². The summed E-state index contributed by atoms with van der Waals surface area (Å²) in [5.74, 6) is 0.253.